The highest BCUT2D eigenvalue weighted by atomic mass is 79.9. The summed E-state index contributed by atoms with van der Waals surface area (Å²) in [7, 11) is 0. The van der Waals surface area contributed by atoms with Crippen molar-refractivity contribution in [1.29, 1.82) is 0 Å². The molecular weight excluding hydrogens is 242 g/mol. The lowest BCUT2D eigenvalue weighted by Crippen LogP contribution is -2.31. The van der Waals surface area contributed by atoms with Gasteiger partial charge in [0.15, 0.2) is 0 Å². The second-order valence-electron chi connectivity index (χ2n) is 4.83. The van der Waals surface area contributed by atoms with Gasteiger partial charge in [0.1, 0.15) is 0 Å². The third-order valence-corrected chi connectivity index (χ3v) is 4.45. The quantitative estimate of drug-likeness (QED) is 0.785. The van der Waals surface area contributed by atoms with Gasteiger partial charge in [-0.05, 0) is 24.7 Å². The van der Waals surface area contributed by atoms with E-state index in [1.165, 1.54) is 38.8 Å². The lowest BCUT2D eigenvalue weighted by Gasteiger charge is -2.23. The largest absolute Gasteiger partial charge is 0.391 e. The van der Waals surface area contributed by atoms with Crippen molar-refractivity contribution >= 4 is 15.9 Å². The SMILES string of the molecule is OC(CBr)CN1C[C@H]2CCCC[C@H]2C1. The van der Waals surface area contributed by atoms with Crippen molar-refractivity contribution < 1.29 is 5.11 Å². The van der Waals surface area contributed by atoms with Crippen molar-refractivity contribution in [3.63, 3.8) is 0 Å². The third kappa shape index (κ3) is 2.50. The summed E-state index contributed by atoms with van der Waals surface area (Å²) in [6, 6.07) is 0. The first-order valence-electron chi connectivity index (χ1n) is 5.76. The van der Waals surface area contributed by atoms with E-state index >= 15 is 0 Å². The summed E-state index contributed by atoms with van der Waals surface area (Å²) in [5.41, 5.74) is 0. The third-order valence-electron chi connectivity index (χ3n) is 3.70. The molecule has 1 unspecified atom stereocenters. The number of nitrogens with zero attached hydrogens (tertiary/aromatic N) is 1. The number of halogens is 1. The Morgan fingerprint density at radius 3 is 2.29 bits per heavy atom. The zero-order valence-electron chi connectivity index (χ0n) is 8.66. The average Bonchev–Trinajstić information content (AvgIpc) is 2.59. The Labute approximate surface area is 94.8 Å². The Balaban J connectivity index is 1.80. The molecule has 0 aromatic heterocycles. The molecule has 0 radical (unpaired) electrons. The number of fused-ring (bicyclic) bond motifs is 1. The summed E-state index contributed by atoms with van der Waals surface area (Å²) in [6.07, 6.45) is 5.51. The number of aliphatic hydroxyl groups excluding tert-OH is 1. The standard InChI is InChI=1S/C11H20BrNO/c12-5-11(14)8-13-6-9-3-1-2-4-10(9)7-13/h9-11,14H,1-8H2/t9-,10+,11?. The molecule has 2 aliphatic rings. The predicted molar refractivity (Wildman–Crippen MR) is 61.7 cm³/mol. The van der Waals surface area contributed by atoms with Crippen LogP contribution in [0, 0.1) is 11.8 Å². The molecule has 82 valence electrons. The molecule has 1 aliphatic carbocycles. The average molecular weight is 262 g/mol. The highest BCUT2D eigenvalue weighted by molar-refractivity contribution is 9.09. The summed E-state index contributed by atoms with van der Waals surface area (Å²) in [5, 5.41) is 10.3. The molecule has 14 heavy (non-hydrogen) atoms. The molecule has 1 saturated heterocycles. The molecule has 3 heteroatoms. The van der Waals surface area contributed by atoms with E-state index in [2.05, 4.69) is 20.8 Å². The Hall–Kier alpha value is 0.400. The van der Waals surface area contributed by atoms with Crippen molar-refractivity contribution in [3.8, 4) is 0 Å². The van der Waals surface area contributed by atoms with Crippen LogP contribution in [0.15, 0.2) is 0 Å². The summed E-state index contributed by atoms with van der Waals surface area (Å²) in [6.45, 7) is 3.32. The molecular formula is C11H20BrNO. The van der Waals surface area contributed by atoms with E-state index in [0.717, 1.165) is 18.4 Å². The normalized spacial score (nSPS) is 35.6. The Morgan fingerprint density at radius 1 is 1.21 bits per heavy atom. The maximum absolute atomic E-state index is 9.56. The number of alkyl halides is 1. The molecule has 1 saturated carbocycles. The van der Waals surface area contributed by atoms with Gasteiger partial charge in [0.2, 0.25) is 0 Å². The zero-order chi connectivity index (χ0) is 9.97. The van der Waals surface area contributed by atoms with Gasteiger partial charge >= 0.3 is 0 Å². The van der Waals surface area contributed by atoms with E-state index in [1.807, 2.05) is 0 Å². The lowest BCUT2D eigenvalue weighted by atomic mass is 9.82. The van der Waals surface area contributed by atoms with Gasteiger partial charge in [-0.3, -0.25) is 0 Å². The predicted octanol–water partition coefficient (Wildman–Crippen LogP) is 1.86. The van der Waals surface area contributed by atoms with E-state index < -0.39 is 0 Å². The van der Waals surface area contributed by atoms with Gasteiger partial charge in [-0.25, -0.2) is 0 Å². The monoisotopic (exact) mass is 261 g/mol. The number of likely N-dealkylation sites (tertiary alicyclic amines) is 1. The molecule has 0 aromatic carbocycles. The minimum Gasteiger partial charge on any atom is -0.391 e. The number of rotatable bonds is 3. The lowest BCUT2D eigenvalue weighted by molar-refractivity contribution is 0.142. The Kier molecular flexibility index (Phi) is 3.86. The van der Waals surface area contributed by atoms with Crippen LogP contribution in [0.1, 0.15) is 25.7 Å². The number of aliphatic hydroxyl groups is 1. The first-order valence-corrected chi connectivity index (χ1v) is 6.88. The van der Waals surface area contributed by atoms with Crippen LogP contribution in [0.5, 0.6) is 0 Å². The summed E-state index contributed by atoms with van der Waals surface area (Å²) in [5.74, 6) is 1.87. The molecule has 1 N–H and O–H groups in total. The van der Waals surface area contributed by atoms with E-state index in [9.17, 15) is 5.11 Å². The number of hydrogen-bond donors (Lipinski definition) is 1. The molecule has 0 spiro atoms. The van der Waals surface area contributed by atoms with Crippen LogP contribution in [0.4, 0.5) is 0 Å². The zero-order valence-corrected chi connectivity index (χ0v) is 10.2. The Bertz CT molecular complexity index is 174. The van der Waals surface area contributed by atoms with Crippen LogP contribution in [0.25, 0.3) is 0 Å². The molecule has 0 aromatic rings. The van der Waals surface area contributed by atoms with Crippen molar-refractivity contribution in [2.24, 2.45) is 11.8 Å². The van der Waals surface area contributed by atoms with Gasteiger partial charge in [-0.1, -0.05) is 28.8 Å². The van der Waals surface area contributed by atoms with Gasteiger partial charge in [0, 0.05) is 25.0 Å². The summed E-state index contributed by atoms with van der Waals surface area (Å²) >= 11 is 3.32. The molecule has 1 heterocycles. The van der Waals surface area contributed by atoms with Crippen molar-refractivity contribution in [1.82, 2.24) is 4.90 Å². The highest BCUT2D eigenvalue weighted by Crippen LogP contribution is 2.35. The molecule has 0 bridgehead atoms. The molecule has 0 amide bonds. The second-order valence-corrected chi connectivity index (χ2v) is 5.48. The van der Waals surface area contributed by atoms with Crippen LogP contribution < -0.4 is 0 Å². The van der Waals surface area contributed by atoms with Crippen molar-refractivity contribution in [2.75, 3.05) is 25.0 Å². The molecule has 2 rings (SSSR count). The molecule has 2 nitrogen and oxygen atoms in total. The Morgan fingerprint density at radius 2 is 1.79 bits per heavy atom. The molecule has 3 atom stereocenters. The van der Waals surface area contributed by atoms with Crippen LogP contribution in [0.3, 0.4) is 0 Å². The fraction of sp³-hybridized carbons (Fsp3) is 1.00. The first kappa shape index (κ1) is 10.9. The van der Waals surface area contributed by atoms with Gasteiger partial charge in [0.05, 0.1) is 6.10 Å². The van der Waals surface area contributed by atoms with Crippen LogP contribution in [-0.4, -0.2) is 41.1 Å². The van der Waals surface area contributed by atoms with Crippen molar-refractivity contribution in [2.45, 2.75) is 31.8 Å². The molecule has 2 fully saturated rings. The smallest absolute Gasteiger partial charge is 0.0763 e. The first-order chi connectivity index (χ1) is 6.79. The van der Waals surface area contributed by atoms with Gasteiger partial charge in [-0.15, -0.1) is 0 Å². The van der Waals surface area contributed by atoms with Crippen LogP contribution in [-0.2, 0) is 0 Å². The maximum Gasteiger partial charge on any atom is 0.0763 e. The van der Waals surface area contributed by atoms with E-state index in [1.54, 1.807) is 0 Å². The van der Waals surface area contributed by atoms with Crippen molar-refractivity contribution in [3.05, 3.63) is 0 Å². The second kappa shape index (κ2) is 4.95. The van der Waals surface area contributed by atoms with Crippen LogP contribution in [0.2, 0.25) is 0 Å². The topological polar surface area (TPSA) is 23.5 Å². The minimum absolute atomic E-state index is 0.185. The summed E-state index contributed by atoms with van der Waals surface area (Å²) in [4.78, 5) is 2.45. The summed E-state index contributed by atoms with van der Waals surface area (Å²) < 4.78 is 0. The van der Waals surface area contributed by atoms with E-state index in [4.69, 9.17) is 0 Å². The fourth-order valence-electron chi connectivity index (χ4n) is 3.00. The van der Waals surface area contributed by atoms with Gasteiger partial charge in [-0.2, -0.15) is 0 Å². The van der Waals surface area contributed by atoms with E-state index in [0.29, 0.717) is 5.33 Å². The maximum atomic E-state index is 9.56. The number of hydrogen-bond acceptors (Lipinski definition) is 2. The molecule has 1 aliphatic heterocycles. The van der Waals surface area contributed by atoms with Gasteiger partial charge in [0.25, 0.3) is 0 Å². The van der Waals surface area contributed by atoms with Crippen LogP contribution >= 0.6 is 15.9 Å². The van der Waals surface area contributed by atoms with Gasteiger partial charge < -0.3 is 10.0 Å². The fourth-order valence-corrected chi connectivity index (χ4v) is 3.20. The number of β-amino-alcohol motifs (C(OH)–C–C–N with tert-alkyl or cyclic N) is 1. The highest BCUT2D eigenvalue weighted by Gasteiger charge is 2.34. The van der Waals surface area contributed by atoms with E-state index in [-0.39, 0.29) is 6.10 Å². The minimum atomic E-state index is -0.185.